The Morgan fingerprint density at radius 1 is 1.35 bits per heavy atom. The van der Waals surface area contributed by atoms with Crippen molar-refractivity contribution in [2.24, 2.45) is 11.5 Å². The largest absolute Gasteiger partial charge is 0.401 e. The molecule has 4 N–H and O–H groups in total. The number of carbonyl (C=O) groups is 1. The number of alkyl halides is 3. The van der Waals surface area contributed by atoms with Gasteiger partial charge in [-0.1, -0.05) is 6.92 Å². The summed E-state index contributed by atoms with van der Waals surface area (Å²) in [6.45, 7) is 2.74. The second kappa shape index (κ2) is 6.20. The Morgan fingerprint density at radius 2 is 1.88 bits per heavy atom. The van der Waals surface area contributed by atoms with Crippen molar-refractivity contribution in [3.63, 3.8) is 0 Å². The van der Waals surface area contributed by atoms with E-state index in [1.54, 1.807) is 6.92 Å². The third kappa shape index (κ3) is 7.17. The molecule has 0 saturated carbocycles. The summed E-state index contributed by atoms with van der Waals surface area (Å²) in [6, 6.07) is 0. The summed E-state index contributed by atoms with van der Waals surface area (Å²) in [4.78, 5) is 12.2. The molecule has 4 nitrogen and oxygen atoms in total. The third-order valence-electron chi connectivity index (χ3n) is 2.58. The first-order chi connectivity index (χ1) is 7.58. The Bertz CT molecular complexity index is 254. The van der Waals surface area contributed by atoms with Gasteiger partial charge in [-0.15, -0.1) is 0 Å². The average molecular weight is 255 g/mol. The van der Waals surface area contributed by atoms with Crippen molar-refractivity contribution in [1.29, 1.82) is 0 Å². The number of halogens is 3. The first-order valence-electron chi connectivity index (χ1n) is 5.46. The monoisotopic (exact) mass is 255 g/mol. The van der Waals surface area contributed by atoms with Gasteiger partial charge in [0.1, 0.15) is 0 Å². The number of carbonyl (C=O) groups excluding carboxylic acids is 1. The van der Waals surface area contributed by atoms with Crippen LogP contribution >= 0.6 is 0 Å². The molecule has 1 unspecified atom stereocenters. The third-order valence-corrected chi connectivity index (χ3v) is 2.58. The van der Waals surface area contributed by atoms with Gasteiger partial charge < -0.3 is 11.5 Å². The maximum Gasteiger partial charge on any atom is 0.401 e. The molecule has 1 atom stereocenters. The number of hydrogen-bond acceptors (Lipinski definition) is 3. The molecule has 102 valence electrons. The van der Waals surface area contributed by atoms with Crippen LogP contribution in [0.15, 0.2) is 0 Å². The number of primary amides is 1. The molecule has 0 rings (SSSR count). The summed E-state index contributed by atoms with van der Waals surface area (Å²) in [5.74, 6) is -0.642. The summed E-state index contributed by atoms with van der Waals surface area (Å²) in [7, 11) is 0. The molecule has 0 aromatic heterocycles. The molecule has 0 fully saturated rings. The SMILES string of the molecule is CCN(CCCC(C)(N)C(N)=O)CC(F)(F)F. The van der Waals surface area contributed by atoms with Crippen LogP contribution < -0.4 is 11.5 Å². The van der Waals surface area contributed by atoms with E-state index in [0.29, 0.717) is 13.0 Å². The van der Waals surface area contributed by atoms with Gasteiger partial charge >= 0.3 is 6.18 Å². The van der Waals surface area contributed by atoms with Gasteiger partial charge in [-0.3, -0.25) is 9.69 Å². The number of amides is 1. The molecule has 0 aromatic rings. The highest BCUT2D eigenvalue weighted by molar-refractivity contribution is 5.83. The molecule has 0 aromatic carbocycles. The molecular formula is C10H20F3N3O. The summed E-state index contributed by atoms with van der Waals surface area (Å²) < 4.78 is 36.4. The number of nitrogens with two attached hydrogens (primary N) is 2. The molecule has 0 saturated heterocycles. The van der Waals surface area contributed by atoms with Crippen LogP contribution in [0.1, 0.15) is 26.7 Å². The fourth-order valence-electron chi connectivity index (χ4n) is 1.40. The zero-order valence-corrected chi connectivity index (χ0v) is 10.2. The lowest BCUT2D eigenvalue weighted by molar-refractivity contribution is -0.145. The molecule has 0 radical (unpaired) electrons. The lowest BCUT2D eigenvalue weighted by Crippen LogP contribution is -2.49. The van der Waals surface area contributed by atoms with Gasteiger partial charge in [0.2, 0.25) is 5.91 Å². The molecule has 0 aliphatic rings. The van der Waals surface area contributed by atoms with Crippen molar-refractivity contribution in [2.45, 2.75) is 38.4 Å². The second-order valence-corrected chi connectivity index (χ2v) is 4.37. The molecule has 0 bridgehead atoms. The predicted molar refractivity (Wildman–Crippen MR) is 59.2 cm³/mol. The van der Waals surface area contributed by atoms with Gasteiger partial charge in [0.05, 0.1) is 12.1 Å². The smallest absolute Gasteiger partial charge is 0.368 e. The van der Waals surface area contributed by atoms with E-state index in [2.05, 4.69) is 0 Å². The van der Waals surface area contributed by atoms with Crippen LogP contribution in [0.3, 0.4) is 0 Å². The average Bonchev–Trinajstić information content (AvgIpc) is 2.13. The van der Waals surface area contributed by atoms with Crippen molar-refractivity contribution in [3.05, 3.63) is 0 Å². The van der Waals surface area contributed by atoms with Crippen molar-refractivity contribution >= 4 is 5.91 Å². The van der Waals surface area contributed by atoms with Crippen LogP contribution in [-0.2, 0) is 4.79 Å². The van der Waals surface area contributed by atoms with E-state index in [4.69, 9.17) is 11.5 Å². The van der Waals surface area contributed by atoms with E-state index < -0.39 is 24.2 Å². The van der Waals surface area contributed by atoms with Gasteiger partial charge in [-0.25, -0.2) is 0 Å². The van der Waals surface area contributed by atoms with Crippen LogP contribution in [0.5, 0.6) is 0 Å². The fraction of sp³-hybridized carbons (Fsp3) is 0.900. The quantitative estimate of drug-likeness (QED) is 0.708. The Morgan fingerprint density at radius 3 is 2.24 bits per heavy atom. The maximum atomic E-state index is 12.1. The summed E-state index contributed by atoms with van der Waals surface area (Å²) >= 11 is 0. The van der Waals surface area contributed by atoms with Crippen LogP contribution in [0.4, 0.5) is 13.2 Å². The van der Waals surface area contributed by atoms with Crippen LogP contribution in [0.25, 0.3) is 0 Å². The Hall–Kier alpha value is -0.820. The van der Waals surface area contributed by atoms with Crippen LogP contribution in [0, 0.1) is 0 Å². The Labute approximate surface area is 99.1 Å². The van der Waals surface area contributed by atoms with Crippen molar-refractivity contribution in [1.82, 2.24) is 4.90 Å². The van der Waals surface area contributed by atoms with Crippen LogP contribution in [0.2, 0.25) is 0 Å². The van der Waals surface area contributed by atoms with Crippen LogP contribution in [-0.4, -0.2) is 42.2 Å². The minimum absolute atomic E-state index is 0.246. The summed E-state index contributed by atoms with van der Waals surface area (Å²) in [5.41, 5.74) is 9.51. The molecule has 0 aliphatic heterocycles. The highest BCUT2D eigenvalue weighted by Gasteiger charge is 2.30. The minimum Gasteiger partial charge on any atom is -0.368 e. The van der Waals surface area contributed by atoms with E-state index in [9.17, 15) is 18.0 Å². The summed E-state index contributed by atoms with van der Waals surface area (Å²) in [5, 5.41) is 0. The molecule has 1 amide bonds. The van der Waals surface area contributed by atoms with Gasteiger partial charge in [0.15, 0.2) is 0 Å². The summed E-state index contributed by atoms with van der Waals surface area (Å²) in [6.07, 6.45) is -3.53. The lowest BCUT2D eigenvalue weighted by atomic mass is 9.96. The predicted octanol–water partition coefficient (Wildman–Crippen LogP) is 0.853. The van der Waals surface area contributed by atoms with Gasteiger partial charge in [0.25, 0.3) is 0 Å². The van der Waals surface area contributed by atoms with Crippen molar-refractivity contribution < 1.29 is 18.0 Å². The van der Waals surface area contributed by atoms with Gasteiger partial charge in [-0.05, 0) is 32.9 Å². The molecule has 17 heavy (non-hydrogen) atoms. The van der Waals surface area contributed by atoms with E-state index in [-0.39, 0.29) is 13.0 Å². The molecule has 0 spiro atoms. The van der Waals surface area contributed by atoms with E-state index in [1.807, 2.05) is 0 Å². The highest BCUT2D eigenvalue weighted by Crippen LogP contribution is 2.17. The fourth-order valence-corrected chi connectivity index (χ4v) is 1.40. The van der Waals surface area contributed by atoms with Gasteiger partial charge in [0, 0.05) is 0 Å². The minimum atomic E-state index is -4.20. The molecule has 7 heteroatoms. The van der Waals surface area contributed by atoms with E-state index >= 15 is 0 Å². The zero-order valence-electron chi connectivity index (χ0n) is 10.2. The van der Waals surface area contributed by atoms with Gasteiger partial charge in [-0.2, -0.15) is 13.2 Å². The normalized spacial score (nSPS) is 15.9. The number of nitrogens with zero attached hydrogens (tertiary/aromatic N) is 1. The second-order valence-electron chi connectivity index (χ2n) is 4.37. The zero-order chi connectivity index (χ0) is 13.7. The Balaban J connectivity index is 4.05. The first kappa shape index (κ1) is 16.2. The highest BCUT2D eigenvalue weighted by atomic mass is 19.4. The van der Waals surface area contributed by atoms with E-state index in [1.165, 1.54) is 11.8 Å². The topological polar surface area (TPSA) is 72.3 Å². The maximum absolute atomic E-state index is 12.1. The number of hydrogen-bond donors (Lipinski definition) is 2. The van der Waals surface area contributed by atoms with E-state index in [0.717, 1.165) is 0 Å². The molecule has 0 aliphatic carbocycles. The molecular weight excluding hydrogens is 235 g/mol. The number of rotatable bonds is 7. The molecule has 0 heterocycles. The first-order valence-corrected chi connectivity index (χ1v) is 5.46. The van der Waals surface area contributed by atoms with Crippen molar-refractivity contribution in [3.8, 4) is 0 Å². The standard InChI is InChI=1S/C10H20F3N3O/c1-3-16(7-10(11,12)13)6-4-5-9(2,15)8(14)17/h3-7,15H2,1-2H3,(H2,14,17). The Kier molecular flexibility index (Phi) is 5.91. The van der Waals surface area contributed by atoms with Crippen molar-refractivity contribution in [2.75, 3.05) is 19.6 Å². The lowest BCUT2D eigenvalue weighted by Gasteiger charge is -2.25.